The molecular formula is C13H15N5OS. The summed E-state index contributed by atoms with van der Waals surface area (Å²) in [5, 5.41) is 3.53. The molecule has 20 heavy (non-hydrogen) atoms. The van der Waals surface area contributed by atoms with E-state index in [2.05, 4.69) is 21.2 Å². The third kappa shape index (κ3) is 2.57. The van der Waals surface area contributed by atoms with Crippen LogP contribution in [0.25, 0.3) is 5.65 Å². The van der Waals surface area contributed by atoms with E-state index in [0.717, 1.165) is 18.5 Å². The summed E-state index contributed by atoms with van der Waals surface area (Å²) in [6.07, 6.45) is 4.06. The maximum absolute atomic E-state index is 12.2. The number of aryl methyl sites for hydroxylation is 1. The molecule has 6 nitrogen and oxygen atoms in total. The fraction of sp³-hybridized carbons (Fsp3) is 0.308. The first-order valence-corrected chi connectivity index (χ1v) is 6.86. The van der Waals surface area contributed by atoms with Crippen molar-refractivity contribution < 1.29 is 4.79 Å². The largest absolute Gasteiger partial charge is 0.359 e. The van der Waals surface area contributed by atoms with Crippen LogP contribution in [0, 0.1) is 6.92 Å². The summed E-state index contributed by atoms with van der Waals surface area (Å²) in [7, 11) is 0. The molecule has 3 rings (SSSR count). The molecule has 0 bridgehead atoms. The lowest BCUT2D eigenvalue weighted by Crippen LogP contribution is -2.47. The molecule has 1 aliphatic carbocycles. The summed E-state index contributed by atoms with van der Waals surface area (Å²) in [5.74, 6) is -0.263. The van der Waals surface area contributed by atoms with Gasteiger partial charge >= 0.3 is 0 Å². The first kappa shape index (κ1) is 12.9. The van der Waals surface area contributed by atoms with Gasteiger partial charge in [0.1, 0.15) is 11.3 Å². The van der Waals surface area contributed by atoms with Crippen molar-refractivity contribution >= 4 is 28.9 Å². The number of carbonyl (C=O) groups excluding carboxylic acids is 1. The molecule has 0 aromatic carbocycles. The lowest BCUT2D eigenvalue weighted by Gasteiger charge is -2.11. The Morgan fingerprint density at radius 1 is 1.40 bits per heavy atom. The Labute approximate surface area is 121 Å². The molecule has 1 fully saturated rings. The van der Waals surface area contributed by atoms with E-state index in [0.29, 0.717) is 22.5 Å². The van der Waals surface area contributed by atoms with Gasteiger partial charge in [-0.05, 0) is 44.1 Å². The monoisotopic (exact) mass is 289 g/mol. The highest BCUT2D eigenvalue weighted by atomic mass is 32.1. The van der Waals surface area contributed by atoms with Crippen LogP contribution in [0.15, 0.2) is 24.4 Å². The van der Waals surface area contributed by atoms with Crippen LogP contribution in [0.3, 0.4) is 0 Å². The molecule has 3 N–H and O–H groups in total. The van der Waals surface area contributed by atoms with Gasteiger partial charge in [-0.25, -0.2) is 4.98 Å². The van der Waals surface area contributed by atoms with Crippen molar-refractivity contribution in [2.75, 3.05) is 0 Å². The van der Waals surface area contributed by atoms with Gasteiger partial charge in [0.2, 0.25) is 0 Å². The Morgan fingerprint density at radius 3 is 2.95 bits per heavy atom. The lowest BCUT2D eigenvalue weighted by molar-refractivity contribution is 0.0937. The van der Waals surface area contributed by atoms with E-state index in [1.807, 2.05) is 31.3 Å². The van der Waals surface area contributed by atoms with Gasteiger partial charge in [0.25, 0.3) is 5.91 Å². The first-order valence-electron chi connectivity index (χ1n) is 6.45. The van der Waals surface area contributed by atoms with Crippen LogP contribution in [-0.2, 0) is 0 Å². The number of nitrogens with zero attached hydrogens (tertiary/aromatic N) is 2. The number of nitrogens with one attached hydrogen (secondary N) is 3. The summed E-state index contributed by atoms with van der Waals surface area (Å²) in [6, 6.07) is 6.05. The number of aromatic nitrogens is 2. The quantitative estimate of drug-likeness (QED) is 0.566. The predicted octanol–water partition coefficient (Wildman–Crippen LogP) is 0.914. The number of rotatable bonds is 2. The minimum absolute atomic E-state index is 0.263. The Balaban J connectivity index is 1.71. The van der Waals surface area contributed by atoms with Gasteiger partial charge in [-0.1, -0.05) is 6.07 Å². The molecule has 1 aliphatic rings. The second kappa shape index (κ2) is 5.09. The van der Waals surface area contributed by atoms with E-state index in [9.17, 15) is 4.79 Å². The zero-order valence-corrected chi connectivity index (χ0v) is 11.8. The highest BCUT2D eigenvalue weighted by Crippen LogP contribution is 2.18. The second-order valence-corrected chi connectivity index (χ2v) is 5.21. The van der Waals surface area contributed by atoms with Crippen molar-refractivity contribution in [3.05, 3.63) is 35.8 Å². The molecule has 1 saturated carbocycles. The molecular weight excluding hydrogens is 274 g/mol. The minimum Gasteiger partial charge on any atom is -0.359 e. The smallest absolute Gasteiger partial charge is 0.288 e. The number of pyridine rings is 1. The number of fused-ring (bicyclic) bond motifs is 1. The molecule has 1 amide bonds. The second-order valence-electron chi connectivity index (χ2n) is 4.80. The Morgan fingerprint density at radius 2 is 2.20 bits per heavy atom. The van der Waals surface area contributed by atoms with Crippen LogP contribution in [0.1, 0.15) is 29.0 Å². The Bertz CT molecular complexity index is 676. The summed E-state index contributed by atoms with van der Waals surface area (Å²) in [4.78, 5) is 16.6. The normalized spacial score (nSPS) is 14.1. The van der Waals surface area contributed by atoms with Crippen molar-refractivity contribution in [2.24, 2.45) is 0 Å². The van der Waals surface area contributed by atoms with Crippen molar-refractivity contribution in [3.63, 3.8) is 0 Å². The molecule has 0 saturated heterocycles. The molecule has 0 radical (unpaired) electrons. The standard InChI is InChI=1S/C13H15N5OS/c1-8-11(18-7-3-2-4-10(18)14-8)12(19)16-17-13(20)15-9-5-6-9/h2-4,7,9H,5-6H2,1H3,(H,16,19)(H2,15,17,20). The van der Waals surface area contributed by atoms with Gasteiger partial charge in [0.15, 0.2) is 5.11 Å². The predicted molar refractivity (Wildman–Crippen MR) is 79.3 cm³/mol. The number of amides is 1. The lowest BCUT2D eigenvalue weighted by atomic mass is 10.3. The topological polar surface area (TPSA) is 70.5 Å². The highest BCUT2D eigenvalue weighted by Gasteiger charge is 2.22. The van der Waals surface area contributed by atoms with Crippen LogP contribution in [0.2, 0.25) is 0 Å². The van der Waals surface area contributed by atoms with E-state index >= 15 is 0 Å². The van der Waals surface area contributed by atoms with Crippen LogP contribution >= 0.6 is 12.2 Å². The fourth-order valence-electron chi connectivity index (χ4n) is 2.01. The van der Waals surface area contributed by atoms with Gasteiger partial charge < -0.3 is 5.32 Å². The van der Waals surface area contributed by atoms with E-state index in [1.54, 1.807) is 4.40 Å². The first-order chi connectivity index (χ1) is 9.65. The van der Waals surface area contributed by atoms with Crippen LogP contribution in [0.4, 0.5) is 0 Å². The molecule has 2 aromatic rings. The molecule has 104 valence electrons. The van der Waals surface area contributed by atoms with Gasteiger partial charge in [-0.2, -0.15) is 0 Å². The van der Waals surface area contributed by atoms with Crippen molar-refractivity contribution in [1.82, 2.24) is 25.6 Å². The van der Waals surface area contributed by atoms with Crippen molar-refractivity contribution in [2.45, 2.75) is 25.8 Å². The molecule has 7 heteroatoms. The zero-order chi connectivity index (χ0) is 14.1. The van der Waals surface area contributed by atoms with Crippen molar-refractivity contribution in [1.29, 1.82) is 0 Å². The van der Waals surface area contributed by atoms with Gasteiger partial charge in [0.05, 0.1) is 5.69 Å². The fourth-order valence-corrected chi connectivity index (χ4v) is 2.23. The maximum atomic E-state index is 12.2. The summed E-state index contributed by atoms with van der Waals surface area (Å²) in [5.41, 5.74) is 7.23. The van der Waals surface area contributed by atoms with Crippen LogP contribution < -0.4 is 16.2 Å². The third-order valence-electron chi connectivity index (χ3n) is 3.12. The van der Waals surface area contributed by atoms with Gasteiger partial charge in [-0.15, -0.1) is 0 Å². The number of hydrogen-bond acceptors (Lipinski definition) is 3. The molecule has 2 heterocycles. The summed E-state index contributed by atoms with van der Waals surface area (Å²) >= 11 is 5.09. The maximum Gasteiger partial charge on any atom is 0.288 e. The number of hydrogen-bond donors (Lipinski definition) is 3. The summed E-state index contributed by atoms with van der Waals surface area (Å²) in [6.45, 7) is 1.81. The van der Waals surface area contributed by atoms with E-state index in [-0.39, 0.29) is 5.91 Å². The average molecular weight is 289 g/mol. The average Bonchev–Trinajstić information content (AvgIpc) is 3.16. The Hall–Kier alpha value is -2.15. The van der Waals surface area contributed by atoms with Gasteiger partial charge in [0, 0.05) is 12.2 Å². The highest BCUT2D eigenvalue weighted by molar-refractivity contribution is 7.80. The molecule has 0 unspecified atom stereocenters. The van der Waals surface area contributed by atoms with E-state index in [1.165, 1.54) is 0 Å². The number of imidazole rings is 1. The molecule has 2 aromatic heterocycles. The number of hydrazine groups is 1. The van der Waals surface area contributed by atoms with E-state index < -0.39 is 0 Å². The Kier molecular flexibility index (Phi) is 3.27. The zero-order valence-electron chi connectivity index (χ0n) is 11.0. The van der Waals surface area contributed by atoms with Crippen LogP contribution in [-0.4, -0.2) is 26.4 Å². The SMILES string of the molecule is Cc1nc2ccccn2c1C(=O)NNC(=S)NC1CC1. The summed E-state index contributed by atoms with van der Waals surface area (Å²) < 4.78 is 1.75. The van der Waals surface area contributed by atoms with Crippen LogP contribution in [0.5, 0.6) is 0 Å². The van der Waals surface area contributed by atoms with Gasteiger partial charge in [-0.3, -0.25) is 20.0 Å². The molecule has 0 spiro atoms. The van der Waals surface area contributed by atoms with Crippen molar-refractivity contribution in [3.8, 4) is 0 Å². The number of thiocarbonyl (C=S) groups is 1. The molecule has 0 atom stereocenters. The number of carbonyl (C=O) groups is 1. The third-order valence-corrected chi connectivity index (χ3v) is 3.34. The molecule has 0 aliphatic heterocycles. The minimum atomic E-state index is -0.263. The van der Waals surface area contributed by atoms with E-state index in [4.69, 9.17) is 12.2 Å².